The van der Waals surface area contributed by atoms with E-state index in [1.807, 2.05) is 24.3 Å². The van der Waals surface area contributed by atoms with Crippen molar-refractivity contribution in [1.82, 2.24) is 20.5 Å². The highest BCUT2D eigenvalue weighted by Gasteiger charge is 2.32. The zero-order valence-corrected chi connectivity index (χ0v) is 20.4. The molecular weight excluding hydrogens is 485 g/mol. The van der Waals surface area contributed by atoms with Crippen molar-refractivity contribution in [2.75, 3.05) is 13.1 Å². The summed E-state index contributed by atoms with van der Waals surface area (Å²) >= 11 is 0. The van der Waals surface area contributed by atoms with E-state index in [9.17, 15) is 27.6 Å². The normalized spacial score (nSPS) is 15.8. The summed E-state index contributed by atoms with van der Waals surface area (Å²) in [7, 11) is 0. The molecule has 0 spiro atoms. The van der Waals surface area contributed by atoms with E-state index < -0.39 is 41.6 Å². The second-order valence-electron chi connectivity index (χ2n) is 9.34. The summed E-state index contributed by atoms with van der Waals surface area (Å²) in [6, 6.07) is 9.50. The van der Waals surface area contributed by atoms with Gasteiger partial charge in [-0.05, 0) is 49.1 Å². The van der Waals surface area contributed by atoms with Crippen molar-refractivity contribution in [3.8, 4) is 0 Å². The Kier molecular flexibility index (Phi) is 8.15. The number of halogens is 3. The Balaban J connectivity index is 1.45. The first kappa shape index (κ1) is 26.2. The number of fused-ring (bicyclic) bond motifs is 1. The molecule has 7 nitrogen and oxygen atoms in total. The Morgan fingerprint density at radius 3 is 2.43 bits per heavy atom. The van der Waals surface area contributed by atoms with Gasteiger partial charge in [0.1, 0.15) is 29.8 Å². The number of H-pyrrole nitrogens is 1. The lowest BCUT2D eigenvalue weighted by molar-refractivity contribution is -0.141. The van der Waals surface area contributed by atoms with Gasteiger partial charge in [0.2, 0.25) is 17.7 Å². The fraction of sp³-hybridized carbons (Fsp3) is 0.370. The van der Waals surface area contributed by atoms with Crippen LogP contribution in [-0.4, -0.2) is 52.9 Å². The quantitative estimate of drug-likeness (QED) is 0.403. The van der Waals surface area contributed by atoms with Gasteiger partial charge >= 0.3 is 0 Å². The molecule has 3 aromatic rings. The number of carbonyl (C=O) groups is 3. The SMILES string of the molecule is CC(C(=O)NCc1cc(F)cc(F)c1)C(=O)NC(Cc1c[nH]c2ccccc12)C(=O)N1CCC(F)CC1. The van der Waals surface area contributed by atoms with Crippen LogP contribution in [0.2, 0.25) is 0 Å². The summed E-state index contributed by atoms with van der Waals surface area (Å²) < 4.78 is 40.5. The predicted octanol–water partition coefficient (Wildman–Crippen LogP) is 3.39. The van der Waals surface area contributed by atoms with Crippen molar-refractivity contribution in [3.05, 3.63) is 71.4 Å². The van der Waals surface area contributed by atoms with Gasteiger partial charge in [0, 0.05) is 49.2 Å². The molecule has 3 N–H and O–H groups in total. The molecule has 37 heavy (non-hydrogen) atoms. The lowest BCUT2D eigenvalue weighted by atomic mass is 10.0. The van der Waals surface area contributed by atoms with Crippen molar-refractivity contribution in [1.29, 1.82) is 0 Å². The minimum atomic E-state index is -1.17. The molecule has 2 unspecified atom stereocenters. The number of rotatable bonds is 8. The van der Waals surface area contributed by atoms with E-state index in [1.165, 1.54) is 6.92 Å². The number of para-hydroxylation sites is 1. The minimum Gasteiger partial charge on any atom is -0.361 e. The number of hydrogen-bond donors (Lipinski definition) is 3. The van der Waals surface area contributed by atoms with Crippen molar-refractivity contribution < 1.29 is 27.6 Å². The largest absolute Gasteiger partial charge is 0.361 e. The number of amides is 3. The number of nitrogens with one attached hydrogen (secondary N) is 3. The van der Waals surface area contributed by atoms with Gasteiger partial charge in [-0.2, -0.15) is 0 Å². The molecule has 196 valence electrons. The Hall–Kier alpha value is -3.82. The fourth-order valence-corrected chi connectivity index (χ4v) is 4.48. The number of piperidine rings is 1. The lowest BCUT2D eigenvalue weighted by Crippen LogP contribution is -2.53. The van der Waals surface area contributed by atoms with Crippen molar-refractivity contribution in [2.24, 2.45) is 5.92 Å². The van der Waals surface area contributed by atoms with Crippen LogP contribution in [0.1, 0.15) is 30.9 Å². The molecule has 0 saturated carbocycles. The Morgan fingerprint density at radius 2 is 1.73 bits per heavy atom. The summed E-state index contributed by atoms with van der Waals surface area (Å²) in [5, 5.41) is 6.11. The van der Waals surface area contributed by atoms with Crippen LogP contribution in [0.3, 0.4) is 0 Å². The van der Waals surface area contributed by atoms with E-state index in [2.05, 4.69) is 15.6 Å². The molecule has 1 fully saturated rings. The van der Waals surface area contributed by atoms with Crippen LogP contribution in [0.25, 0.3) is 10.9 Å². The number of hydrogen-bond acceptors (Lipinski definition) is 3. The van der Waals surface area contributed by atoms with Crippen LogP contribution in [0, 0.1) is 17.6 Å². The molecule has 0 aliphatic carbocycles. The van der Waals surface area contributed by atoms with Crippen molar-refractivity contribution >= 4 is 28.6 Å². The molecule has 1 saturated heterocycles. The van der Waals surface area contributed by atoms with Crippen LogP contribution in [0.4, 0.5) is 13.2 Å². The molecule has 3 amide bonds. The summed E-state index contributed by atoms with van der Waals surface area (Å²) in [5.41, 5.74) is 1.91. The summed E-state index contributed by atoms with van der Waals surface area (Å²) in [6.07, 6.45) is 1.47. The summed E-state index contributed by atoms with van der Waals surface area (Å²) in [4.78, 5) is 43.7. The zero-order valence-electron chi connectivity index (χ0n) is 20.4. The molecule has 2 heterocycles. The van der Waals surface area contributed by atoms with Crippen LogP contribution in [0.5, 0.6) is 0 Å². The molecule has 2 atom stereocenters. The Morgan fingerprint density at radius 1 is 1.05 bits per heavy atom. The highest BCUT2D eigenvalue weighted by atomic mass is 19.1. The molecule has 10 heteroatoms. The highest BCUT2D eigenvalue weighted by Crippen LogP contribution is 2.21. The molecule has 0 radical (unpaired) electrons. The first-order valence-electron chi connectivity index (χ1n) is 12.2. The second-order valence-corrected chi connectivity index (χ2v) is 9.34. The van der Waals surface area contributed by atoms with E-state index in [-0.39, 0.29) is 50.4 Å². The van der Waals surface area contributed by atoms with E-state index >= 15 is 0 Å². The van der Waals surface area contributed by atoms with E-state index in [1.54, 1.807) is 11.1 Å². The molecule has 0 bridgehead atoms. The molecule has 1 aromatic heterocycles. The number of likely N-dealkylation sites (tertiary alicyclic amines) is 1. The predicted molar refractivity (Wildman–Crippen MR) is 132 cm³/mol. The maximum atomic E-state index is 13.6. The summed E-state index contributed by atoms with van der Waals surface area (Å²) in [6.45, 7) is 1.72. The van der Waals surface area contributed by atoms with Crippen LogP contribution in [0.15, 0.2) is 48.7 Å². The second kappa shape index (κ2) is 11.5. The number of carbonyl (C=O) groups excluding carboxylic acids is 3. The lowest BCUT2D eigenvalue weighted by Gasteiger charge is -2.32. The standard InChI is InChI=1S/C27H29F3N4O3/c1-16(25(35)32-14-17-10-20(29)13-21(30)11-17)26(36)33-24(27(37)34-8-6-19(28)7-9-34)12-18-15-31-23-5-3-2-4-22(18)23/h2-5,10-11,13,15-16,19,24,31H,6-9,12,14H2,1H3,(H,32,35)(H,33,36). The molecule has 4 rings (SSSR count). The number of nitrogens with zero attached hydrogens (tertiary/aromatic N) is 1. The van der Waals surface area contributed by atoms with Gasteiger partial charge in [-0.15, -0.1) is 0 Å². The van der Waals surface area contributed by atoms with Gasteiger partial charge in [0.15, 0.2) is 0 Å². The Bertz CT molecular complexity index is 1270. The third-order valence-electron chi connectivity index (χ3n) is 6.63. The van der Waals surface area contributed by atoms with E-state index in [0.717, 1.165) is 34.7 Å². The van der Waals surface area contributed by atoms with Crippen LogP contribution in [-0.2, 0) is 27.3 Å². The number of aromatic nitrogens is 1. The third-order valence-corrected chi connectivity index (χ3v) is 6.63. The monoisotopic (exact) mass is 514 g/mol. The first-order valence-corrected chi connectivity index (χ1v) is 12.2. The number of alkyl halides is 1. The molecule has 2 aromatic carbocycles. The smallest absolute Gasteiger partial charge is 0.245 e. The topological polar surface area (TPSA) is 94.3 Å². The van der Waals surface area contributed by atoms with Gasteiger partial charge in [0.25, 0.3) is 0 Å². The average Bonchev–Trinajstić information content (AvgIpc) is 3.28. The average molecular weight is 515 g/mol. The first-order chi connectivity index (χ1) is 17.7. The number of aromatic amines is 1. The molecular formula is C27H29F3N4O3. The molecule has 1 aliphatic heterocycles. The fourth-order valence-electron chi connectivity index (χ4n) is 4.48. The van der Waals surface area contributed by atoms with E-state index in [0.29, 0.717) is 0 Å². The van der Waals surface area contributed by atoms with E-state index in [4.69, 9.17) is 0 Å². The van der Waals surface area contributed by atoms with Crippen LogP contribution < -0.4 is 10.6 Å². The maximum Gasteiger partial charge on any atom is 0.245 e. The van der Waals surface area contributed by atoms with Gasteiger partial charge in [-0.25, -0.2) is 13.2 Å². The number of benzene rings is 2. The van der Waals surface area contributed by atoms with Crippen molar-refractivity contribution in [2.45, 2.75) is 44.9 Å². The van der Waals surface area contributed by atoms with Crippen molar-refractivity contribution in [3.63, 3.8) is 0 Å². The minimum absolute atomic E-state index is 0.166. The highest BCUT2D eigenvalue weighted by molar-refractivity contribution is 6.01. The zero-order chi connectivity index (χ0) is 26.5. The van der Waals surface area contributed by atoms with Gasteiger partial charge in [0.05, 0.1) is 0 Å². The van der Waals surface area contributed by atoms with Gasteiger partial charge < -0.3 is 20.5 Å². The Labute approximate surface area is 212 Å². The summed E-state index contributed by atoms with van der Waals surface area (Å²) in [5.74, 6) is -4.38. The van der Waals surface area contributed by atoms with Gasteiger partial charge in [-0.1, -0.05) is 18.2 Å². The molecule has 1 aliphatic rings. The van der Waals surface area contributed by atoms with Gasteiger partial charge in [-0.3, -0.25) is 14.4 Å². The maximum absolute atomic E-state index is 13.6. The third kappa shape index (κ3) is 6.49. The van der Waals surface area contributed by atoms with Crippen LogP contribution >= 0.6 is 0 Å².